The molecule has 2 atom stereocenters. The van der Waals surface area contributed by atoms with E-state index in [-0.39, 0.29) is 16.9 Å². The van der Waals surface area contributed by atoms with E-state index < -0.39 is 0 Å². The first-order chi connectivity index (χ1) is 9.56. The number of nitrogens with zero attached hydrogens (tertiary/aromatic N) is 1. The molecule has 2 nitrogen and oxygen atoms in total. The van der Waals surface area contributed by atoms with E-state index >= 15 is 0 Å². The Labute approximate surface area is 126 Å². The van der Waals surface area contributed by atoms with Crippen molar-refractivity contribution in [2.45, 2.75) is 45.2 Å². The van der Waals surface area contributed by atoms with Crippen LogP contribution in [-0.4, -0.2) is 30.6 Å². The normalized spacial score (nSPS) is 19.8. The third kappa shape index (κ3) is 4.44. The summed E-state index contributed by atoms with van der Waals surface area (Å²) in [6, 6.07) is 5.53. The number of piperidine rings is 1. The monoisotopic (exact) mass is 298 g/mol. The first-order valence-corrected chi connectivity index (χ1v) is 7.87. The van der Waals surface area contributed by atoms with E-state index in [4.69, 9.17) is 11.6 Å². The second-order valence-corrected chi connectivity index (χ2v) is 6.23. The van der Waals surface area contributed by atoms with Gasteiger partial charge in [0.1, 0.15) is 5.82 Å². The number of hydrogen-bond donors (Lipinski definition) is 1. The van der Waals surface area contributed by atoms with Gasteiger partial charge in [-0.25, -0.2) is 4.39 Å². The van der Waals surface area contributed by atoms with Crippen molar-refractivity contribution in [2.75, 3.05) is 19.6 Å². The van der Waals surface area contributed by atoms with Crippen LogP contribution in [0.15, 0.2) is 18.2 Å². The maximum absolute atomic E-state index is 13.2. The van der Waals surface area contributed by atoms with E-state index in [0.29, 0.717) is 6.04 Å². The average Bonchev–Trinajstić information content (AvgIpc) is 2.42. The molecule has 4 heteroatoms. The van der Waals surface area contributed by atoms with Gasteiger partial charge in [0.25, 0.3) is 0 Å². The molecule has 1 N–H and O–H groups in total. The Morgan fingerprint density at radius 1 is 1.25 bits per heavy atom. The van der Waals surface area contributed by atoms with Gasteiger partial charge in [-0.15, -0.1) is 0 Å². The molecular formula is C16H24ClFN2. The van der Waals surface area contributed by atoms with Crippen LogP contribution in [0, 0.1) is 5.82 Å². The summed E-state index contributed by atoms with van der Waals surface area (Å²) < 4.78 is 13.2. The van der Waals surface area contributed by atoms with Crippen molar-refractivity contribution < 1.29 is 4.39 Å². The molecule has 1 saturated heterocycles. The van der Waals surface area contributed by atoms with Gasteiger partial charge in [0.05, 0.1) is 5.02 Å². The van der Waals surface area contributed by atoms with Gasteiger partial charge in [0, 0.05) is 18.6 Å². The number of likely N-dealkylation sites (tertiary alicyclic amines) is 1. The fraction of sp³-hybridized carbons (Fsp3) is 0.625. The van der Waals surface area contributed by atoms with Crippen LogP contribution in [0.3, 0.4) is 0 Å². The van der Waals surface area contributed by atoms with Crippen molar-refractivity contribution in [1.82, 2.24) is 10.2 Å². The van der Waals surface area contributed by atoms with Gasteiger partial charge >= 0.3 is 0 Å². The zero-order chi connectivity index (χ0) is 14.5. The van der Waals surface area contributed by atoms with Gasteiger partial charge in [0.2, 0.25) is 0 Å². The Morgan fingerprint density at radius 3 is 2.60 bits per heavy atom. The maximum Gasteiger partial charge on any atom is 0.141 e. The molecule has 0 aliphatic carbocycles. The van der Waals surface area contributed by atoms with Crippen LogP contribution in [0.25, 0.3) is 0 Å². The second kappa shape index (κ2) is 7.39. The van der Waals surface area contributed by atoms with Gasteiger partial charge in [-0.1, -0.05) is 24.1 Å². The largest absolute Gasteiger partial charge is 0.306 e. The van der Waals surface area contributed by atoms with Crippen LogP contribution in [0.1, 0.15) is 44.7 Å². The standard InChI is InChI=1S/C16H24ClFN2/c1-12(11-20-8-4-3-5-9-20)19-13(2)14-6-7-16(18)15(17)10-14/h6-7,10,12-13,19H,3-5,8-9,11H2,1-2H3. The highest BCUT2D eigenvalue weighted by atomic mass is 35.5. The molecule has 20 heavy (non-hydrogen) atoms. The molecule has 2 unspecified atom stereocenters. The number of benzene rings is 1. The molecule has 0 aromatic heterocycles. The molecule has 1 heterocycles. The van der Waals surface area contributed by atoms with Crippen LogP contribution in [0.4, 0.5) is 4.39 Å². The lowest BCUT2D eigenvalue weighted by Gasteiger charge is -2.30. The highest BCUT2D eigenvalue weighted by Crippen LogP contribution is 2.21. The molecule has 0 spiro atoms. The Morgan fingerprint density at radius 2 is 1.95 bits per heavy atom. The summed E-state index contributed by atoms with van der Waals surface area (Å²) in [4.78, 5) is 2.52. The van der Waals surface area contributed by atoms with Crippen molar-refractivity contribution >= 4 is 11.6 Å². The molecule has 1 fully saturated rings. The van der Waals surface area contributed by atoms with E-state index in [2.05, 4.69) is 24.1 Å². The third-order valence-corrected chi connectivity index (χ3v) is 4.25. The number of halogens is 2. The Hall–Kier alpha value is -0.640. The van der Waals surface area contributed by atoms with E-state index in [9.17, 15) is 4.39 Å². The number of nitrogens with one attached hydrogen (secondary N) is 1. The summed E-state index contributed by atoms with van der Waals surface area (Å²) in [5, 5.41) is 3.76. The molecule has 0 amide bonds. The molecule has 0 saturated carbocycles. The first kappa shape index (κ1) is 15.7. The van der Waals surface area contributed by atoms with Crippen LogP contribution in [0.5, 0.6) is 0 Å². The second-order valence-electron chi connectivity index (χ2n) is 5.82. The van der Waals surface area contributed by atoms with Crippen molar-refractivity contribution in [3.63, 3.8) is 0 Å². The first-order valence-electron chi connectivity index (χ1n) is 7.49. The lowest BCUT2D eigenvalue weighted by Crippen LogP contribution is -2.42. The van der Waals surface area contributed by atoms with E-state index in [0.717, 1.165) is 12.1 Å². The zero-order valence-corrected chi connectivity index (χ0v) is 13.1. The predicted molar refractivity (Wildman–Crippen MR) is 82.7 cm³/mol. The van der Waals surface area contributed by atoms with Crippen molar-refractivity contribution in [1.29, 1.82) is 0 Å². The highest BCUT2D eigenvalue weighted by Gasteiger charge is 2.16. The minimum absolute atomic E-state index is 0.174. The van der Waals surface area contributed by atoms with Gasteiger partial charge in [-0.3, -0.25) is 0 Å². The van der Waals surface area contributed by atoms with Crippen LogP contribution in [-0.2, 0) is 0 Å². The zero-order valence-electron chi connectivity index (χ0n) is 12.3. The molecule has 112 valence electrons. The summed E-state index contributed by atoms with van der Waals surface area (Å²) in [5.41, 5.74) is 1.03. The smallest absolute Gasteiger partial charge is 0.141 e. The van der Waals surface area contributed by atoms with E-state index in [1.165, 1.54) is 38.4 Å². The minimum atomic E-state index is -0.357. The Kier molecular flexibility index (Phi) is 5.82. The van der Waals surface area contributed by atoms with Crippen molar-refractivity contribution in [3.8, 4) is 0 Å². The fourth-order valence-corrected chi connectivity index (χ4v) is 3.08. The van der Waals surface area contributed by atoms with Crippen molar-refractivity contribution in [3.05, 3.63) is 34.6 Å². The fourth-order valence-electron chi connectivity index (χ4n) is 2.89. The SMILES string of the molecule is CC(CN1CCCCC1)NC(C)c1ccc(F)c(Cl)c1. The number of rotatable bonds is 5. The summed E-state index contributed by atoms with van der Waals surface area (Å²) >= 11 is 5.84. The van der Waals surface area contributed by atoms with Crippen molar-refractivity contribution in [2.24, 2.45) is 0 Å². The quantitative estimate of drug-likeness (QED) is 0.884. The molecule has 1 aliphatic heterocycles. The molecule has 0 radical (unpaired) electrons. The maximum atomic E-state index is 13.2. The van der Waals surface area contributed by atoms with Crippen LogP contribution < -0.4 is 5.32 Å². The van der Waals surface area contributed by atoms with Crippen LogP contribution in [0.2, 0.25) is 5.02 Å². The van der Waals surface area contributed by atoms with E-state index in [1.807, 2.05) is 0 Å². The van der Waals surface area contributed by atoms with Gasteiger partial charge in [-0.2, -0.15) is 0 Å². The molecule has 1 aliphatic rings. The van der Waals surface area contributed by atoms with Gasteiger partial charge in [-0.05, 0) is 57.5 Å². The van der Waals surface area contributed by atoms with E-state index in [1.54, 1.807) is 12.1 Å². The number of hydrogen-bond acceptors (Lipinski definition) is 2. The minimum Gasteiger partial charge on any atom is -0.306 e. The topological polar surface area (TPSA) is 15.3 Å². The third-order valence-electron chi connectivity index (χ3n) is 3.96. The summed E-state index contributed by atoms with van der Waals surface area (Å²) in [5.74, 6) is -0.357. The molecule has 1 aromatic carbocycles. The predicted octanol–water partition coefficient (Wildman–Crippen LogP) is 4.00. The lowest BCUT2D eigenvalue weighted by molar-refractivity contribution is 0.205. The lowest BCUT2D eigenvalue weighted by atomic mass is 10.1. The summed E-state index contributed by atoms with van der Waals surface area (Å²) in [6.45, 7) is 7.79. The molecule has 0 bridgehead atoms. The Balaban J connectivity index is 1.86. The summed E-state index contributed by atoms with van der Waals surface area (Å²) in [6.07, 6.45) is 3.99. The summed E-state index contributed by atoms with van der Waals surface area (Å²) in [7, 11) is 0. The molecular weight excluding hydrogens is 275 g/mol. The van der Waals surface area contributed by atoms with Crippen LogP contribution >= 0.6 is 11.6 Å². The average molecular weight is 299 g/mol. The molecule has 2 rings (SSSR count). The highest BCUT2D eigenvalue weighted by molar-refractivity contribution is 6.30. The van der Waals surface area contributed by atoms with Gasteiger partial charge < -0.3 is 10.2 Å². The molecule has 1 aromatic rings. The van der Waals surface area contributed by atoms with Gasteiger partial charge in [0.15, 0.2) is 0 Å². The Bertz CT molecular complexity index is 432.